The topological polar surface area (TPSA) is 57.7 Å². The molecule has 1 amide bonds. The molecule has 1 aromatic heterocycles. The molecule has 1 aliphatic heterocycles. The predicted molar refractivity (Wildman–Crippen MR) is 90.8 cm³/mol. The van der Waals surface area contributed by atoms with E-state index in [1.807, 2.05) is 11.9 Å². The highest BCUT2D eigenvalue weighted by molar-refractivity contribution is 7.91. The predicted octanol–water partition coefficient (Wildman–Crippen LogP) is 2.55. The molecule has 0 unspecified atom stereocenters. The zero-order valence-corrected chi connectivity index (χ0v) is 15.1. The minimum Gasteiger partial charge on any atom is -0.343 e. The Morgan fingerprint density at radius 1 is 1.22 bits per heavy atom. The molecule has 0 bridgehead atoms. The lowest BCUT2D eigenvalue weighted by Gasteiger charge is -2.34. The first-order chi connectivity index (χ1) is 11.0. The number of carbonyl (C=O) groups excluding carboxylic acids is 1. The van der Waals surface area contributed by atoms with Crippen LogP contribution in [0.25, 0.3) is 0 Å². The molecule has 128 valence electrons. The second kappa shape index (κ2) is 6.91. The molecular formula is C16H24N2O3S2. The number of piperidine rings is 1. The van der Waals surface area contributed by atoms with Crippen LogP contribution in [0.4, 0.5) is 0 Å². The summed E-state index contributed by atoms with van der Waals surface area (Å²) in [5, 5.41) is 1.78. The summed E-state index contributed by atoms with van der Waals surface area (Å²) in [5.41, 5.74) is 0. The number of carbonyl (C=O) groups is 1. The van der Waals surface area contributed by atoms with E-state index in [0.29, 0.717) is 36.2 Å². The average molecular weight is 357 g/mol. The van der Waals surface area contributed by atoms with Crippen LogP contribution in [0.2, 0.25) is 0 Å². The van der Waals surface area contributed by atoms with Crippen molar-refractivity contribution in [2.75, 3.05) is 20.1 Å². The van der Waals surface area contributed by atoms with Gasteiger partial charge in [0.25, 0.3) is 10.0 Å². The molecule has 1 saturated heterocycles. The quantitative estimate of drug-likeness (QED) is 0.833. The number of rotatable bonds is 4. The Bertz CT molecular complexity index is 628. The summed E-state index contributed by atoms with van der Waals surface area (Å²) in [6, 6.07) is 3.78. The molecule has 0 spiro atoms. The third-order valence-electron chi connectivity index (χ3n) is 5.11. The first-order valence-electron chi connectivity index (χ1n) is 8.30. The fourth-order valence-electron chi connectivity index (χ4n) is 3.64. The minimum absolute atomic E-state index is 0.0321. The van der Waals surface area contributed by atoms with Crippen molar-refractivity contribution < 1.29 is 13.2 Å². The summed E-state index contributed by atoms with van der Waals surface area (Å²) < 4.78 is 26.9. The molecule has 1 saturated carbocycles. The molecule has 0 N–H and O–H groups in total. The van der Waals surface area contributed by atoms with Crippen molar-refractivity contribution in [1.29, 1.82) is 0 Å². The number of thiophene rings is 1. The zero-order chi connectivity index (χ0) is 16.4. The van der Waals surface area contributed by atoms with Crippen molar-refractivity contribution in [2.24, 2.45) is 5.92 Å². The number of amides is 1. The van der Waals surface area contributed by atoms with Crippen molar-refractivity contribution >= 4 is 27.3 Å². The first kappa shape index (κ1) is 16.9. The number of sulfonamides is 1. The molecule has 1 aromatic rings. The van der Waals surface area contributed by atoms with Crippen molar-refractivity contribution in [3.05, 3.63) is 17.5 Å². The minimum atomic E-state index is -3.38. The third-order valence-corrected chi connectivity index (χ3v) is 8.38. The molecule has 23 heavy (non-hydrogen) atoms. The van der Waals surface area contributed by atoms with Crippen LogP contribution in [0.3, 0.4) is 0 Å². The first-order valence-corrected chi connectivity index (χ1v) is 10.6. The Hall–Kier alpha value is -0.920. The van der Waals surface area contributed by atoms with Gasteiger partial charge in [-0.15, -0.1) is 11.3 Å². The van der Waals surface area contributed by atoms with Crippen LogP contribution < -0.4 is 0 Å². The average Bonchev–Trinajstić information content (AvgIpc) is 3.26. The highest BCUT2D eigenvalue weighted by Crippen LogP contribution is 2.29. The summed E-state index contributed by atoms with van der Waals surface area (Å²) in [4.78, 5) is 14.5. The monoisotopic (exact) mass is 356 g/mol. The Balaban J connectivity index is 1.59. The van der Waals surface area contributed by atoms with Gasteiger partial charge < -0.3 is 4.90 Å². The lowest BCUT2D eigenvalue weighted by atomic mass is 9.96. The van der Waals surface area contributed by atoms with Crippen molar-refractivity contribution in [3.63, 3.8) is 0 Å². The van der Waals surface area contributed by atoms with E-state index in [4.69, 9.17) is 0 Å². The van der Waals surface area contributed by atoms with E-state index in [2.05, 4.69) is 0 Å². The second-order valence-electron chi connectivity index (χ2n) is 6.50. The smallest absolute Gasteiger partial charge is 0.252 e. The number of hydrogen-bond donors (Lipinski definition) is 0. The summed E-state index contributed by atoms with van der Waals surface area (Å²) in [5.74, 6) is 0.167. The normalized spacial score (nSPS) is 21.6. The molecular weight excluding hydrogens is 332 g/mol. The van der Waals surface area contributed by atoms with Gasteiger partial charge in [0.1, 0.15) is 4.21 Å². The molecule has 2 heterocycles. The second-order valence-corrected chi connectivity index (χ2v) is 9.61. The Labute approximate surface area is 142 Å². The standard InChI is InChI=1S/C16H24N2O3S2/c1-17(14-5-2-3-6-14)16(19)13-8-10-18(11-9-13)23(20,21)15-7-4-12-22-15/h4,7,12-14H,2-3,5-6,8-11H2,1H3. The van der Waals surface area contributed by atoms with Crippen LogP contribution >= 0.6 is 11.3 Å². The SMILES string of the molecule is CN(C(=O)C1CCN(S(=O)(=O)c2cccs2)CC1)C1CCCC1. The molecule has 0 atom stereocenters. The van der Waals surface area contributed by atoms with E-state index in [1.165, 1.54) is 28.5 Å². The molecule has 1 aliphatic carbocycles. The van der Waals surface area contributed by atoms with Crippen LogP contribution in [0.5, 0.6) is 0 Å². The van der Waals surface area contributed by atoms with Crippen LogP contribution in [-0.4, -0.2) is 49.7 Å². The number of nitrogens with zero attached hydrogens (tertiary/aromatic N) is 2. The van der Waals surface area contributed by atoms with E-state index in [1.54, 1.807) is 17.5 Å². The highest BCUT2D eigenvalue weighted by Gasteiger charge is 2.35. The van der Waals surface area contributed by atoms with Gasteiger partial charge in [-0.05, 0) is 37.1 Å². The van der Waals surface area contributed by atoms with Crippen LogP contribution in [0, 0.1) is 5.92 Å². The van der Waals surface area contributed by atoms with Gasteiger partial charge in [0, 0.05) is 32.1 Å². The van der Waals surface area contributed by atoms with Gasteiger partial charge in [0.2, 0.25) is 5.91 Å². The maximum Gasteiger partial charge on any atom is 0.252 e. The van der Waals surface area contributed by atoms with E-state index in [9.17, 15) is 13.2 Å². The van der Waals surface area contributed by atoms with Crippen molar-refractivity contribution in [1.82, 2.24) is 9.21 Å². The van der Waals surface area contributed by atoms with Crippen molar-refractivity contribution in [3.8, 4) is 0 Å². The van der Waals surface area contributed by atoms with Gasteiger partial charge in [-0.2, -0.15) is 4.31 Å². The Morgan fingerprint density at radius 3 is 2.43 bits per heavy atom. The maximum absolute atomic E-state index is 12.6. The van der Waals surface area contributed by atoms with E-state index >= 15 is 0 Å². The Kier molecular flexibility index (Phi) is 5.08. The van der Waals surface area contributed by atoms with Gasteiger partial charge in [-0.1, -0.05) is 18.9 Å². The maximum atomic E-state index is 12.6. The lowest BCUT2D eigenvalue weighted by Crippen LogP contribution is -2.45. The summed E-state index contributed by atoms with van der Waals surface area (Å²) in [7, 11) is -1.47. The molecule has 5 nitrogen and oxygen atoms in total. The fourth-order valence-corrected chi connectivity index (χ4v) is 6.25. The van der Waals surface area contributed by atoms with Crippen LogP contribution in [-0.2, 0) is 14.8 Å². The molecule has 7 heteroatoms. The molecule has 0 radical (unpaired) electrons. The van der Waals surface area contributed by atoms with Crippen molar-refractivity contribution in [2.45, 2.75) is 48.8 Å². The lowest BCUT2D eigenvalue weighted by molar-refractivity contribution is -0.137. The fraction of sp³-hybridized carbons (Fsp3) is 0.688. The molecule has 3 rings (SSSR count). The van der Waals surface area contributed by atoms with Gasteiger partial charge in [-0.25, -0.2) is 8.42 Å². The highest BCUT2D eigenvalue weighted by atomic mass is 32.2. The van der Waals surface area contributed by atoms with Crippen LogP contribution in [0.1, 0.15) is 38.5 Å². The Morgan fingerprint density at radius 2 is 1.87 bits per heavy atom. The van der Waals surface area contributed by atoms with Gasteiger partial charge >= 0.3 is 0 Å². The van der Waals surface area contributed by atoms with E-state index < -0.39 is 10.0 Å². The third kappa shape index (κ3) is 3.46. The van der Waals surface area contributed by atoms with Gasteiger partial charge in [0.05, 0.1) is 0 Å². The summed E-state index contributed by atoms with van der Waals surface area (Å²) >= 11 is 1.25. The number of hydrogen-bond acceptors (Lipinski definition) is 4. The van der Waals surface area contributed by atoms with Gasteiger partial charge in [-0.3, -0.25) is 4.79 Å². The van der Waals surface area contributed by atoms with E-state index in [0.717, 1.165) is 12.8 Å². The molecule has 0 aromatic carbocycles. The summed E-state index contributed by atoms with van der Waals surface area (Å²) in [6.45, 7) is 0.879. The zero-order valence-electron chi connectivity index (χ0n) is 13.5. The molecule has 2 aliphatic rings. The molecule has 2 fully saturated rings. The largest absolute Gasteiger partial charge is 0.343 e. The van der Waals surface area contributed by atoms with Crippen LogP contribution in [0.15, 0.2) is 21.7 Å². The van der Waals surface area contributed by atoms with Gasteiger partial charge in [0.15, 0.2) is 0 Å². The van der Waals surface area contributed by atoms with E-state index in [-0.39, 0.29) is 11.8 Å². The summed E-state index contributed by atoms with van der Waals surface area (Å²) in [6.07, 6.45) is 5.88.